The lowest BCUT2D eigenvalue weighted by Gasteiger charge is -2.40. The summed E-state index contributed by atoms with van der Waals surface area (Å²) < 4.78 is 2.12. The Bertz CT molecular complexity index is 1350. The SMILES string of the molecule is CN1CCCC[C@H]1c1nc2cccnc2n1-c1ccc(C[C@H](N=C2C(Br)C(=O)C2(C)C)C(=O)O)cc1. The van der Waals surface area contributed by atoms with Crippen LogP contribution in [0.3, 0.4) is 0 Å². The van der Waals surface area contributed by atoms with E-state index in [1.807, 2.05) is 36.4 Å². The minimum atomic E-state index is -1.01. The monoisotopic (exact) mass is 551 g/mol. The first kappa shape index (κ1) is 24.8. The van der Waals surface area contributed by atoms with Crippen molar-refractivity contribution < 1.29 is 14.7 Å². The summed E-state index contributed by atoms with van der Waals surface area (Å²) in [4.78, 5) is 40.0. The summed E-state index contributed by atoms with van der Waals surface area (Å²) in [5.41, 5.74) is 3.34. The lowest BCUT2D eigenvalue weighted by atomic mass is 9.68. The predicted octanol–water partition coefficient (Wildman–Crippen LogP) is 4.39. The molecular formula is C27H30BrN5O3. The Morgan fingerprint density at radius 1 is 1.25 bits per heavy atom. The lowest BCUT2D eigenvalue weighted by molar-refractivity contribution is -0.138. The zero-order chi connectivity index (χ0) is 25.6. The molecule has 9 heteroatoms. The van der Waals surface area contributed by atoms with Gasteiger partial charge in [0.25, 0.3) is 0 Å². The van der Waals surface area contributed by atoms with Crippen LogP contribution < -0.4 is 0 Å². The molecule has 5 rings (SSSR count). The second-order valence-corrected chi connectivity index (χ2v) is 11.2. The van der Waals surface area contributed by atoms with E-state index in [1.54, 1.807) is 20.0 Å². The van der Waals surface area contributed by atoms with Crippen LogP contribution in [0, 0.1) is 5.41 Å². The maximum atomic E-state index is 12.1. The molecule has 3 atom stereocenters. The first-order valence-corrected chi connectivity index (χ1v) is 13.2. The minimum absolute atomic E-state index is 0.0234. The number of Topliss-reactive ketones (excluding diaryl/α,β-unsaturated/α-hetero) is 1. The molecule has 1 N–H and O–H groups in total. The normalized spacial score (nSPS) is 24.1. The number of imidazole rings is 1. The number of benzene rings is 1. The number of alkyl halides is 1. The Morgan fingerprint density at radius 2 is 2.00 bits per heavy atom. The van der Waals surface area contributed by atoms with Gasteiger partial charge in [-0.05, 0) is 70.1 Å². The van der Waals surface area contributed by atoms with Crippen LogP contribution in [-0.4, -0.2) is 66.5 Å². The predicted molar refractivity (Wildman–Crippen MR) is 142 cm³/mol. The number of piperidine rings is 1. The number of likely N-dealkylation sites (tertiary alicyclic amines) is 1. The van der Waals surface area contributed by atoms with Gasteiger partial charge in [0.2, 0.25) is 0 Å². The molecule has 2 aromatic heterocycles. The zero-order valence-electron chi connectivity index (χ0n) is 20.7. The Hall–Kier alpha value is -2.91. The fourth-order valence-corrected chi connectivity index (χ4v) is 6.47. The number of carboxylic acid groups (broad SMARTS) is 1. The molecular weight excluding hydrogens is 522 g/mol. The smallest absolute Gasteiger partial charge is 0.328 e. The third-order valence-electron chi connectivity index (χ3n) is 7.44. The number of carboxylic acids is 1. The highest BCUT2D eigenvalue weighted by molar-refractivity contribution is 9.10. The largest absolute Gasteiger partial charge is 0.480 e. The number of carbonyl (C=O) groups excluding carboxylic acids is 1. The molecule has 2 aliphatic rings. The van der Waals surface area contributed by atoms with Crippen molar-refractivity contribution in [2.45, 2.75) is 56.4 Å². The fourth-order valence-electron chi connectivity index (χ4n) is 5.20. The molecule has 8 nitrogen and oxygen atoms in total. The second-order valence-electron chi connectivity index (χ2n) is 10.2. The van der Waals surface area contributed by atoms with Crippen molar-refractivity contribution in [2.75, 3.05) is 13.6 Å². The number of aliphatic imine (C=N–C) groups is 1. The molecule has 1 aliphatic heterocycles. The van der Waals surface area contributed by atoms with Crippen LogP contribution >= 0.6 is 15.9 Å². The average Bonchev–Trinajstić information content (AvgIpc) is 3.25. The van der Waals surface area contributed by atoms with E-state index in [-0.39, 0.29) is 18.2 Å². The van der Waals surface area contributed by atoms with E-state index in [4.69, 9.17) is 4.98 Å². The van der Waals surface area contributed by atoms with Crippen LogP contribution in [0.25, 0.3) is 16.9 Å². The second kappa shape index (κ2) is 9.52. The van der Waals surface area contributed by atoms with Crippen molar-refractivity contribution in [1.82, 2.24) is 19.4 Å². The van der Waals surface area contributed by atoms with Crippen molar-refractivity contribution in [1.29, 1.82) is 0 Å². The fraction of sp³-hybridized carbons (Fsp3) is 0.444. The number of carbonyl (C=O) groups is 2. The minimum Gasteiger partial charge on any atom is -0.480 e. The summed E-state index contributed by atoms with van der Waals surface area (Å²) >= 11 is 3.33. The summed E-state index contributed by atoms with van der Waals surface area (Å²) in [5, 5.41) is 9.82. The lowest BCUT2D eigenvalue weighted by Crippen LogP contribution is -2.57. The van der Waals surface area contributed by atoms with Gasteiger partial charge in [0.05, 0.1) is 11.5 Å². The number of nitrogens with zero attached hydrogens (tertiary/aromatic N) is 5. The summed E-state index contributed by atoms with van der Waals surface area (Å²) in [6.07, 6.45) is 5.43. The number of aliphatic carboxylic acids is 1. The Balaban J connectivity index is 1.46. The quantitative estimate of drug-likeness (QED) is 0.456. The molecule has 1 saturated heterocycles. The van der Waals surface area contributed by atoms with Gasteiger partial charge in [-0.25, -0.2) is 14.8 Å². The van der Waals surface area contributed by atoms with Gasteiger partial charge in [-0.3, -0.25) is 19.3 Å². The van der Waals surface area contributed by atoms with Crippen LogP contribution in [0.2, 0.25) is 0 Å². The number of halogens is 1. The number of pyridine rings is 1. The van der Waals surface area contributed by atoms with Gasteiger partial charge in [-0.15, -0.1) is 0 Å². The van der Waals surface area contributed by atoms with Gasteiger partial charge in [0, 0.05) is 24.0 Å². The highest BCUT2D eigenvalue weighted by Gasteiger charge is 2.52. The maximum absolute atomic E-state index is 12.1. The molecule has 0 spiro atoms. The van der Waals surface area contributed by atoms with Crippen molar-refractivity contribution in [3.8, 4) is 5.69 Å². The summed E-state index contributed by atoms with van der Waals surface area (Å²) in [6.45, 7) is 4.60. The molecule has 3 aromatic rings. The molecule has 0 amide bonds. The number of hydrogen-bond acceptors (Lipinski definition) is 6. The van der Waals surface area contributed by atoms with Crippen LogP contribution in [0.1, 0.15) is 50.5 Å². The molecule has 1 saturated carbocycles. The number of fused-ring (bicyclic) bond motifs is 1. The molecule has 188 valence electrons. The van der Waals surface area contributed by atoms with E-state index >= 15 is 0 Å². The van der Waals surface area contributed by atoms with Crippen molar-refractivity contribution >= 4 is 44.6 Å². The Kier molecular flexibility index (Phi) is 6.55. The highest BCUT2D eigenvalue weighted by Crippen LogP contribution is 2.39. The summed E-state index contributed by atoms with van der Waals surface area (Å²) in [7, 11) is 2.14. The number of aromatic nitrogens is 3. The van der Waals surface area contributed by atoms with E-state index < -0.39 is 22.3 Å². The molecule has 0 radical (unpaired) electrons. The molecule has 1 aliphatic carbocycles. The molecule has 1 aromatic carbocycles. The van der Waals surface area contributed by atoms with Gasteiger partial charge >= 0.3 is 5.97 Å². The first-order valence-electron chi connectivity index (χ1n) is 12.3. The van der Waals surface area contributed by atoms with E-state index in [1.165, 1.54) is 12.8 Å². The Labute approximate surface area is 218 Å². The number of ketones is 1. The van der Waals surface area contributed by atoms with E-state index in [0.717, 1.165) is 41.2 Å². The molecule has 36 heavy (non-hydrogen) atoms. The van der Waals surface area contributed by atoms with Gasteiger partial charge in [0.15, 0.2) is 17.5 Å². The number of rotatable bonds is 6. The van der Waals surface area contributed by atoms with E-state index in [2.05, 4.69) is 42.4 Å². The van der Waals surface area contributed by atoms with Gasteiger partial charge in [0.1, 0.15) is 16.2 Å². The standard InChI is InChI=1S/C27H30BrN5O3/c1-27(2)22(21(28)23(27)34)30-19(26(35)36)15-16-9-11-17(12-10-16)33-24-18(7-6-13-29-24)31-25(33)20-8-4-5-14-32(20)3/h6-7,9-13,19-21H,4-5,8,14-15H2,1-3H3,(H,35,36)/t19-,20-,21?/m0/s1. The molecule has 2 fully saturated rings. The summed E-state index contributed by atoms with van der Waals surface area (Å²) in [5.74, 6) is -0.00196. The van der Waals surface area contributed by atoms with Gasteiger partial charge in [-0.2, -0.15) is 0 Å². The Morgan fingerprint density at radius 3 is 2.67 bits per heavy atom. The third-order valence-corrected chi connectivity index (χ3v) is 8.29. The average molecular weight is 552 g/mol. The first-order chi connectivity index (χ1) is 17.2. The van der Waals surface area contributed by atoms with Crippen LogP contribution in [0.4, 0.5) is 0 Å². The third kappa shape index (κ3) is 4.28. The molecule has 0 bridgehead atoms. The van der Waals surface area contributed by atoms with Crippen LogP contribution in [0.5, 0.6) is 0 Å². The topological polar surface area (TPSA) is 101 Å². The molecule has 1 unspecified atom stereocenters. The zero-order valence-corrected chi connectivity index (χ0v) is 22.3. The summed E-state index contributed by atoms with van der Waals surface area (Å²) in [6, 6.07) is 11.0. The maximum Gasteiger partial charge on any atom is 0.328 e. The van der Waals surface area contributed by atoms with Crippen LogP contribution in [0.15, 0.2) is 47.6 Å². The van der Waals surface area contributed by atoms with Crippen molar-refractivity contribution in [3.63, 3.8) is 0 Å². The van der Waals surface area contributed by atoms with Crippen molar-refractivity contribution in [2.24, 2.45) is 10.4 Å². The van der Waals surface area contributed by atoms with Gasteiger partial charge < -0.3 is 5.11 Å². The van der Waals surface area contributed by atoms with Crippen LogP contribution in [-0.2, 0) is 16.0 Å². The highest BCUT2D eigenvalue weighted by atomic mass is 79.9. The number of hydrogen-bond donors (Lipinski definition) is 1. The molecule has 3 heterocycles. The van der Waals surface area contributed by atoms with Crippen molar-refractivity contribution in [3.05, 3.63) is 54.0 Å². The van der Waals surface area contributed by atoms with E-state index in [0.29, 0.717) is 5.71 Å². The van der Waals surface area contributed by atoms with Gasteiger partial charge in [-0.1, -0.05) is 34.5 Å². The van der Waals surface area contributed by atoms with E-state index in [9.17, 15) is 14.7 Å².